The van der Waals surface area contributed by atoms with E-state index in [1.54, 1.807) is 0 Å². The van der Waals surface area contributed by atoms with Crippen molar-refractivity contribution in [2.45, 2.75) is 41.5 Å². The van der Waals surface area contributed by atoms with Gasteiger partial charge in [0.25, 0.3) is 7.82 Å². The molecule has 0 saturated heterocycles. The SMILES string of the molecule is CC(C)(C)COCOP(=O)([O-])OCOCC(C)(C)C.[Li+]. The number of rotatable bonds is 8. The van der Waals surface area contributed by atoms with Crippen LogP contribution in [0, 0.1) is 10.8 Å². The van der Waals surface area contributed by atoms with Gasteiger partial charge in [-0.2, -0.15) is 0 Å². The van der Waals surface area contributed by atoms with Gasteiger partial charge in [-0.15, -0.1) is 0 Å². The average Bonchev–Trinajstić information content (AvgIpc) is 2.17. The molecule has 0 aliphatic heterocycles. The predicted octanol–water partition coefficient (Wildman–Crippen LogP) is -0.468. The summed E-state index contributed by atoms with van der Waals surface area (Å²) >= 11 is 0. The number of phosphoric ester groups is 1. The van der Waals surface area contributed by atoms with E-state index >= 15 is 0 Å². The first-order valence-corrected chi connectivity index (χ1v) is 7.63. The Morgan fingerprint density at radius 1 is 0.850 bits per heavy atom. The Bertz CT molecular complexity index is 271. The zero-order valence-corrected chi connectivity index (χ0v) is 14.6. The second kappa shape index (κ2) is 9.61. The van der Waals surface area contributed by atoms with E-state index in [1.165, 1.54) is 0 Å². The Morgan fingerprint density at radius 2 is 1.15 bits per heavy atom. The van der Waals surface area contributed by atoms with Gasteiger partial charge in [0, 0.05) is 0 Å². The van der Waals surface area contributed by atoms with Crippen molar-refractivity contribution < 1.29 is 46.8 Å². The maximum absolute atomic E-state index is 11.3. The summed E-state index contributed by atoms with van der Waals surface area (Å²) in [6.07, 6.45) is 0. The molecule has 20 heavy (non-hydrogen) atoms. The Labute approximate surface area is 134 Å². The van der Waals surface area contributed by atoms with E-state index in [-0.39, 0.29) is 43.3 Å². The Kier molecular flexibility index (Phi) is 11.0. The zero-order valence-electron chi connectivity index (χ0n) is 13.7. The molecule has 0 N–H and O–H groups in total. The molecule has 0 spiro atoms. The molecule has 0 fully saturated rings. The maximum atomic E-state index is 11.3. The van der Waals surface area contributed by atoms with Crippen LogP contribution in [0.4, 0.5) is 0 Å². The van der Waals surface area contributed by atoms with Gasteiger partial charge in [0.1, 0.15) is 0 Å². The normalized spacial score (nSPS) is 13.2. The van der Waals surface area contributed by atoms with E-state index in [0.717, 1.165) is 0 Å². The van der Waals surface area contributed by atoms with Crippen LogP contribution in [0.25, 0.3) is 0 Å². The molecule has 0 saturated carbocycles. The largest absolute Gasteiger partial charge is 1.00 e. The second-order valence-corrected chi connectivity index (χ2v) is 8.17. The molecule has 0 aromatic carbocycles. The zero-order chi connectivity index (χ0) is 15.2. The van der Waals surface area contributed by atoms with Crippen molar-refractivity contribution in [2.24, 2.45) is 10.8 Å². The number of ether oxygens (including phenoxy) is 2. The van der Waals surface area contributed by atoms with Gasteiger partial charge in [0.2, 0.25) is 0 Å². The van der Waals surface area contributed by atoms with Gasteiger partial charge < -0.3 is 14.4 Å². The van der Waals surface area contributed by atoms with Gasteiger partial charge in [-0.05, 0) is 10.8 Å². The van der Waals surface area contributed by atoms with Gasteiger partial charge in [-0.3, -0.25) is 13.6 Å². The Morgan fingerprint density at radius 3 is 1.40 bits per heavy atom. The summed E-state index contributed by atoms with van der Waals surface area (Å²) in [7, 11) is -4.36. The molecule has 0 heterocycles. The van der Waals surface area contributed by atoms with Crippen LogP contribution >= 0.6 is 7.82 Å². The van der Waals surface area contributed by atoms with E-state index in [4.69, 9.17) is 9.47 Å². The molecule has 0 rings (SSSR count). The first-order chi connectivity index (χ1) is 8.41. The molecular weight excluding hydrogens is 278 g/mol. The number of hydrogen-bond donors (Lipinski definition) is 0. The molecule has 8 heteroatoms. The van der Waals surface area contributed by atoms with Crippen molar-refractivity contribution in [1.82, 2.24) is 0 Å². The van der Waals surface area contributed by atoms with E-state index in [0.29, 0.717) is 13.2 Å². The minimum Gasteiger partial charge on any atom is -0.756 e. The van der Waals surface area contributed by atoms with Crippen molar-refractivity contribution >= 4 is 7.82 Å². The van der Waals surface area contributed by atoms with Crippen LogP contribution in [-0.2, 0) is 23.1 Å². The summed E-state index contributed by atoms with van der Waals surface area (Å²) in [6.45, 7) is 11.9. The van der Waals surface area contributed by atoms with Gasteiger partial charge in [-0.1, -0.05) is 41.5 Å². The summed E-state index contributed by atoms with van der Waals surface area (Å²) in [6, 6.07) is 0. The van der Waals surface area contributed by atoms with Crippen LogP contribution in [0.2, 0.25) is 0 Å². The monoisotopic (exact) mass is 304 g/mol. The Balaban J connectivity index is 0. The van der Waals surface area contributed by atoms with Crippen molar-refractivity contribution in [3.8, 4) is 0 Å². The average molecular weight is 304 g/mol. The number of hydrogen-bond acceptors (Lipinski definition) is 6. The van der Waals surface area contributed by atoms with Crippen LogP contribution in [-0.4, -0.2) is 26.8 Å². The smallest absolute Gasteiger partial charge is 0.756 e. The quantitative estimate of drug-likeness (QED) is 0.261. The Hall–Kier alpha value is 0.627. The van der Waals surface area contributed by atoms with Crippen molar-refractivity contribution in [3.05, 3.63) is 0 Å². The molecular formula is C12H26LiO6P. The standard InChI is InChI=1S/C12H27O6P.Li/c1-11(2,3)7-15-9-17-19(13,14)18-10-16-8-12(4,5)6;/h7-10H2,1-6H3,(H,13,14);/q;+1/p-1. The molecule has 0 amide bonds. The number of phosphoric acid groups is 1. The van der Waals surface area contributed by atoms with Crippen molar-refractivity contribution in [2.75, 3.05) is 26.8 Å². The van der Waals surface area contributed by atoms with Crippen molar-refractivity contribution in [3.63, 3.8) is 0 Å². The molecule has 116 valence electrons. The van der Waals surface area contributed by atoms with Gasteiger partial charge >= 0.3 is 18.9 Å². The van der Waals surface area contributed by atoms with Crippen LogP contribution in [0.5, 0.6) is 0 Å². The molecule has 6 nitrogen and oxygen atoms in total. The molecule has 0 bridgehead atoms. The maximum Gasteiger partial charge on any atom is 1.00 e. The third kappa shape index (κ3) is 16.7. The van der Waals surface area contributed by atoms with Crippen LogP contribution in [0.15, 0.2) is 0 Å². The van der Waals surface area contributed by atoms with E-state index in [1.807, 2.05) is 41.5 Å². The van der Waals surface area contributed by atoms with Crippen LogP contribution < -0.4 is 23.8 Å². The summed E-state index contributed by atoms with van der Waals surface area (Å²) in [5, 5.41) is 0. The molecule has 0 aromatic heterocycles. The fraction of sp³-hybridized carbons (Fsp3) is 1.00. The van der Waals surface area contributed by atoms with Gasteiger partial charge in [0.15, 0.2) is 13.6 Å². The molecule has 0 aliphatic rings. The second-order valence-electron chi connectivity index (χ2n) is 6.76. The predicted molar refractivity (Wildman–Crippen MR) is 70.3 cm³/mol. The summed E-state index contributed by atoms with van der Waals surface area (Å²) in [5.41, 5.74) is -0.0974. The van der Waals surface area contributed by atoms with Crippen molar-refractivity contribution in [1.29, 1.82) is 0 Å². The summed E-state index contributed by atoms with van der Waals surface area (Å²) in [5.74, 6) is 0. The summed E-state index contributed by atoms with van der Waals surface area (Å²) < 4.78 is 30.5. The topological polar surface area (TPSA) is 77.1 Å². The van der Waals surface area contributed by atoms with Crippen LogP contribution in [0.1, 0.15) is 41.5 Å². The first-order valence-electron chi connectivity index (χ1n) is 6.17. The van der Waals surface area contributed by atoms with E-state index in [9.17, 15) is 9.46 Å². The first kappa shape index (κ1) is 22.9. The van der Waals surface area contributed by atoms with Gasteiger partial charge in [0.05, 0.1) is 13.2 Å². The van der Waals surface area contributed by atoms with E-state index in [2.05, 4.69) is 9.05 Å². The third-order valence-electron chi connectivity index (χ3n) is 1.66. The summed E-state index contributed by atoms with van der Waals surface area (Å²) in [4.78, 5) is 11.3. The molecule has 0 unspecified atom stereocenters. The molecule has 0 atom stereocenters. The fourth-order valence-electron chi connectivity index (χ4n) is 0.937. The molecule has 0 radical (unpaired) electrons. The third-order valence-corrected chi connectivity index (χ3v) is 2.50. The fourth-order valence-corrected chi connectivity index (χ4v) is 1.42. The minimum absolute atomic E-state index is 0. The minimum atomic E-state index is -4.36. The van der Waals surface area contributed by atoms with Gasteiger partial charge in [-0.25, -0.2) is 0 Å². The molecule has 0 aliphatic carbocycles. The van der Waals surface area contributed by atoms with E-state index < -0.39 is 7.82 Å². The van der Waals surface area contributed by atoms with Crippen LogP contribution in [0.3, 0.4) is 0 Å². The molecule has 0 aromatic rings.